The molecule has 176 valence electrons. The van der Waals surface area contributed by atoms with Gasteiger partial charge in [-0.3, -0.25) is 0 Å². The van der Waals surface area contributed by atoms with Crippen molar-refractivity contribution in [2.75, 3.05) is 7.11 Å². The molecule has 0 spiro atoms. The third-order valence-corrected chi connectivity index (χ3v) is 5.56. The Balaban J connectivity index is 1.59. The van der Waals surface area contributed by atoms with Crippen LogP contribution in [0.4, 0.5) is 17.6 Å². The van der Waals surface area contributed by atoms with Crippen LogP contribution in [0.5, 0.6) is 11.5 Å². The molecular weight excluding hydrogens is 495 g/mol. The first-order valence-corrected chi connectivity index (χ1v) is 10.6. The van der Waals surface area contributed by atoms with E-state index in [1.165, 1.54) is 31.4 Å². The van der Waals surface area contributed by atoms with E-state index >= 15 is 0 Å². The number of halogens is 6. The fraction of sp³-hybridized carbons (Fsp3) is 0.125. The lowest BCUT2D eigenvalue weighted by Crippen LogP contribution is -2.09. The Morgan fingerprint density at radius 2 is 1.56 bits per heavy atom. The fourth-order valence-corrected chi connectivity index (χ4v) is 3.85. The van der Waals surface area contributed by atoms with Crippen LogP contribution in [-0.4, -0.2) is 16.9 Å². The Hall–Kier alpha value is -3.23. The van der Waals surface area contributed by atoms with Gasteiger partial charge in [0.15, 0.2) is 17.3 Å². The molecule has 34 heavy (non-hydrogen) atoms. The number of nitrogens with zero attached hydrogens (tertiary/aromatic N) is 2. The predicted octanol–water partition coefficient (Wildman–Crippen LogP) is 7.59. The highest BCUT2D eigenvalue weighted by molar-refractivity contribution is 6.37. The molecule has 4 rings (SSSR count). The standard InChI is InChI=1S/C24H16Cl2F4N2O2/c1-33-21-10-7-15(11-20(21)27)14-5-8-17(9-6-14)34-13-16-12-22(24(28,29)30)31-32(16)23-18(25)3-2-4-19(23)26/h2-12H,13H2,1H3. The first-order chi connectivity index (χ1) is 16.2. The minimum atomic E-state index is -4.66. The van der Waals surface area contributed by atoms with Gasteiger partial charge in [-0.1, -0.05) is 47.5 Å². The second-order valence-corrected chi connectivity index (χ2v) is 7.98. The smallest absolute Gasteiger partial charge is 0.435 e. The molecule has 4 aromatic rings. The van der Waals surface area contributed by atoms with E-state index in [1.54, 1.807) is 36.4 Å². The van der Waals surface area contributed by atoms with Crippen molar-refractivity contribution in [3.8, 4) is 28.3 Å². The van der Waals surface area contributed by atoms with Gasteiger partial charge in [-0.25, -0.2) is 9.07 Å². The van der Waals surface area contributed by atoms with Gasteiger partial charge in [0.05, 0.1) is 22.8 Å². The molecule has 4 nitrogen and oxygen atoms in total. The molecule has 1 heterocycles. The number of hydrogen-bond acceptors (Lipinski definition) is 3. The summed E-state index contributed by atoms with van der Waals surface area (Å²) in [6.45, 7) is -0.235. The van der Waals surface area contributed by atoms with Crippen LogP contribution in [0.1, 0.15) is 11.4 Å². The van der Waals surface area contributed by atoms with Gasteiger partial charge in [0.2, 0.25) is 0 Å². The van der Waals surface area contributed by atoms with Crippen molar-refractivity contribution in [3.63, 3.8) is 0 Å². The molecule has 0 saturated heterocycles. The Kier molecular flexibility index (Phi) is 6.72. The number of benzene rings is 3. The second-order valence-electron chi connectivity index (χ2n) is 7.16. The Morgan fingerprint density at radius 3 is 2.15 bits per heavy atom. The number of alkyl halides is 3. The van der Waals surface area contributed by atoms with E-state index in [1.807, 2.05) is 0 Å². The minimum absolute atomic E-state index is 0.101. The molecule has 0 bridgehead atoms. The van der Waals surface area contributed by atoms with E-state index in [9.17, 15) is 17.6 Å². The average Bonchev–Trinajstić information content (AvgIpc) is 3.22. The normalized spacial score (nSPS) is 11.5. The number of methoxy groups -OCH3 is 1. The van der Waals surface area contributed by atoms with Gasteiger partial charge in [-0.15, -0.1) is 0 Å². The minimum Gasteiger partial charge on any atom is -0.494 e. The maximum Gasteiger partial charge on any atom is 0.435 e. The molecule has 0 aliphatic rings. The lowest BCUT2D eigenvalue weighted by atomic mass is 10.1. The van der Waals surface area contributed by atoms with E-state index in [2.05, 4.69) is 5.10 Å². The summed E-state index contributed by atoms with van der Waals surface area (Å²) in [6, 6.07) is 16.7. The molecule has 0 saturated carbocycles. The van der Waals surface area contributed by atoms with Crippen molar-refractivity contribution in [1.29, 1.82) is 0 Å². The van der Waals surface area contributed by atoms with Crippen LogP contribution in [0.2, 0.25) is 10.0 Å². The third kappa shape index (κ3) is 4.98. The molecule has 0 amide bonds. The van der Waals surface area contributed by atoms with Crippen molar-refractivity contribution in [1.82, 2.24) is 9.78 Å². The van der Waals surface area contributed by atoms with Crippen LogP contribution in [0.25, 0.3) is 16.8 Å². The molecule has 0 unspecified atom stereocenters. The quantitative estimate of drug-likeness (QED) is 0.250. The van der Waals surface area contributed by atoms with Crippen molar-refractivity contribution in [2.24, 2.45) is 0 Å². The maximum absolute atomic E-state index is 14.0. The summed E-state index contributed by atoms with van der Waals surface area (Å²) < 4.78 is 65.6. The summed E-state index contributed by atoms with van der Waals surface area (Å²) >= 11 is 12.4. The van der Waals surface area contributed by atoms with Gasteiger partial charge in [0.1, 0.15) is 18.0 Å². The first kappa shape index (κ1) is 23.9. The summed E-state index contributed by atoms with van der Waals surface area (Å²) in [7, 11) is 1.38. The number of rotatable bonds is 6. The van der Waals surface area contributed by atoms with E-state index in [-0.39, 0.29) is 33.8 Å². The monoisotopic (exact) mass is 510 g/mol. The summed E-state index contributed by atoms with van der Waals surface area (Å²) in [5.41, 5.74) is 0.478. The molecule has 3 aromatic carbocycles. The average molecular weight is 511 g/mol. The molecule has 0 atom stereocenters. The van der Waals surface area contributed by atoms with Crippen LogP contribution < -0.4 is 9.47 Å². The van der Waals surface area contributed by atoms with E-state index in [0.29, 0.717) is 11.3 Å². The summed E-state index contributed by atoms with van der Waals surface area (Å²) in [5.74, 6) is 0.0359. The molecule has 0 fully saturated rings. The Bertz CT molecular complexity index is 1300. The zero-order valence-corrected chi connectivity index (χ0v) is 19.0. The van der Waals surface area contributed by atoms with E-state index in [0.717, 1.165) is 16.3 Å². The van der Waals surface area contributed by atoms with Crippen LogP contribution in [0.3, 0.4) is 0 Å². The van der Waals surface area contributed by atoms with Gasteiger partial charge in [0, 0.05) is 0 Å². The highest BCUT2D eigenvalue weighted by Gasteiger charge is 2.35. The van der Waals surface area contributed by atoms with Crippen molar-refractivity contribution < 1.29 is 27.0 Å². The zero-order chi connectivity index (χ0) is 24.5. The highest BCUT2D eigenvalue weighted by atomic mass is 35.5. The zero-order valence-electron chi connectivity index (χ0n) is 17.5. The lowest BCUT2D eigenvalue weighted by molar-refractivity contribution is -0.141. The van der Waals surface area contributed by atoms with Crippen molar-refractivity contribution in [2.45, 2.75) is 12.8 Å². The summed E-state index contributed by atoms with van der Waals surface area (Å²) in [4.78, 5) is 0. The number of aromatic nitrogens is 2. The molecule has 0 N–H and O–H groups in total. The first-order valence-electron chi connectivity index (χ1n) is 9.84. The van der Waals surface area contributed by atoms with Gasteiger partial charge in [-0.2, -0.15) is 18.3 Å². The molecular formula is C24H16Cl2F4N2O2. The number of ether oxygens (including phenoxy) is 2. The Labute approximate surface area is 202 Å². The fourth-order valence-electron chi connectivity index (χ4n) is 3.29. The summed E-state index contributed by atoms with van der Waals surface area (Å²) in [6.07, 6.45) is -4.66. The molecule has 0 aliphatic carbocycles. The van der Waals surface area contributed by atoms with Crippen molar-refractivity contribution >= 4 is 23.2 Å². The number of hydrogen-bond donors (Lipinski definition) is 0. The van der Waals surface area contributed by atoms with Crippen LogP contribution in [0.15, 0.2) is 66.7 Å². The largest absolute Gasteiger partial charge is 0.494 e. The molecule has 0 radical (unpaired) electrons. The SMILES string of the molecule is COc1ccc(-c2ccc(OCc3cc(C(F)(F)F)nn3-c3c(Cl)cccc3Cl)cc2)cc1F. The summed E-state index contributed by atoms with van der Waals surface area (Å²) in [5, 5.41) is 3.94. The Morgan fingerprint density at radius 1 is 0.912 bits per heavy atom. The van der Waals surface area contributed by atoms with Gasteiger partial charge in [-0.05, 0) is 53.6 Å². The number of para-hydroxylation sites is 1. The molecule has 10 heteroatoms. The van der Waals surface area contributed by atoms with Gasteiger partial charge in [0.25, 0.3) is 0 Å². The predicted molar refractivity (Wildman–Crippen MR) is 121 cm³/mol. The van der Waals surface area contributed by atoms with Gasteiger partial charge >= 0.3 is 6.18 Å². The van der Waals surface area contributed by atoms with Crippen molar-refractivity contribution in [3.05, 3.63) is 94.0 Å². The molecule has 1 aromatic heterocycles. The second kappa shape index (κ2) is 9.56. The highest BCUT2D eigenvalue weighted by Crippen LogP contribution is 2.34. The van der Waals surface area contributed by atoms with Crippen LogP contribution in [0, 0.1) is 5.82 Å². The van der Waals surface area contributed by atoms with E-state index < -0.39 is 17.7 Å². The maximum atomic E-state index is 14.0. The van der Waals surface area contributed by atoms with Crippen LogP contribution in [-0.2, 0) is 12.8 Å². The van der Waals surface area contributed by atoms with E-state index in [4.69, 9.17) is 32.7 Å². The third-order valence-electron chi connectivity index (χ3n) is 4.95. The topological polar surface area (TPSA) is 36.3 Å². The molecule has 0 aliphatic heterocycles. The van der Waals surface area contributed by atoms with Gasteiger partial charge < -0.3 is 9.47 Å². The van der Waals surface area contributed by atoms with Crippen LogP contribution >= 0.6 is 23.2 Å². The lowest BCUT2D eigenvalue weighted by Gasteiger charge is -2.12.